The topological polar surface area (TPSA) is 47.6 Å². The van der Waals surface area contributed by atoms with E-state index in [-0.39, 0.29) is 23.9 Å². The number of nitrogens with one attached hydrogen (secondary N) is 1. The van der Waals surface area contributed by atoms with Crippen LogP contribution in [0.3, 0.4) is 0 Å². The van der Waals surface area contributed by atoms with Gasteiger partial charge in [0, 0.05) is 19.0 Å². The lowest BCUT2D eigenvalue weighted by Gasteiger charge is -2.25. The van der Waals surface area contributed by atoms with Crippen molar-refractivity contribution in [3.8, 4) is 5.75 Å². The summed E-state index contributed by atoms with van der Waals surface area (Å²) in [6.07, 6.45) is 1.26. The number of carbonyl (C=O) groups is 1. The first-order chi connectivity index (χ1) is 12.1. The summed E-state index contributed by atoms with van der Waals surface area (Å²) >= 11 is 0. The van der Waals surface area contributed by atoms with Crippen molar-refractivity contribution < 1.29 is 18.7 Å². The van der Waals surface area contributed by atoms with E-state index in [1.54, 1.807) is 19.2 Å². The zero-order chi connectivity index (χ0) is 17.8. The second-order valence-electron chi connectivity index (χ2n) is 6.26. The maximum atomic E-state index is 13.6. The monoisotopic (exact) mass is 343 g/mol. The van der Waals surface area contributed by atoms with Crippen LogP contribution in [0, 0.1) is 5.82 Å². The molecule has 0 radical (unpaired) electrons. The minimum Gasteiger partial charge on any atom is -0.497 e. The van der Waals surface area contributed by atoms with E-state index in [9.17, 15) is 9.18 Å². The van der Waals surface area contributed by atoms with E-state index in [1.807, 2.05) is 24.3 Å². The quantitative estimate of drug-likeness (QED) is 0.836. The van der Waals surface area contributed by atoms with Crippen molar-refractivity contribution in [2.45, 2.75) is 38.0 Å². The molecule has 1 aliphatic rings. The summed E-state index contributed by atoms with van der Waals surface area (Å²) < 4.78 is 24.3. The fourth-order valence-corrected chi connectivity index (χ4v) is 3.35. The number of rotatable bonds is 5. The second-order valence-corrected chi connectivity index (χ2v) is 6.26. The molecule has 1 aliphatic heterocycles. The first kappa shape index (κ1) is 17.4. The molecular weight excluding hydrogens is 321 g/mol. The van der Waals surface area contributed by atoms with Crippen LogP contribution in [0.2, 0.25) is 0 Å². The van der Waals surface area contributed by atoms with E-state index >= 15 is 0 Å². The molecule has 1 saturated heterocycles. The van der Waals surface area contributed by atoms with E-state index < -0.39 is 6.10 Å². The molecule has 1 N–H and O–H groups in total. The minimum absolute atomic E-state index is 0.0576. The molecule has 0 saturated carbocycles. The van der Waals surface area contributed by atoms with Gasteiger partial charge in [0.25, 0.3) is 0 Å². The molecule has 0 unspecified atom stereocenters. The Bertz CT molecular complexity index is 732. The third kappa shape index (κ3) is 4.17. The van der Waals surface area contributed by atoms with E-state index in [0.717, 1.165) is 24.2 Å². The highest BCUT2D eigenvalue weighted by molar-refractivity contribution is 5.66. The molecule has 1 fully saturated rings. The summed E-state index contributed by atoms with van der Waals surface area (Å²) in [7, 11) is 1.64. The Balaban J connectivity index is 1.77. The lowest BCUT2D eigenvalue weighted by atomic mass is 10.00. The summed E-state index contributed by atoms with van der Waals surface area (Å²) in [4.78, 5) is 11.5. The zero-order valence-electron chi connectivity index (χ0n) is 14.4. The van der Waals surface area contributed by atoms with Crippen molar-refractivity contribution in [3.63, 3.8) is 0 Å². The molecule has 1 heterocycles. The van der Waals surface area contributed by atoms with Crippen molar-refractivity contribution in [3.05, 3.63) is 65.5 Å². The van der Waals surface area contributed by atoms with Crippen LogP contribution in [0.1, 0.15) is 43.0 Å². The summed E-state index contributed by atoms with van der Waals surface area (Å²) in [6, 6.07) is 14.3. The molecule has 25 heavy (non-hydrogen) atoms. The molecule has 0 aromatic heterocycles. The Morgan fingerprint density at radius 3 is 2.60 bits per heavy atom. The Kier molecular flexibility index (Phi) is 5.34. The van der Waals surface area contributed by atoms with E-state index in [0.29, 0.717) is 5.56 Å². The molecule has 2 aromatic rings. The largest absolute Gasteiger partial charge is 0.497 e. The van der Waals surface area contributed by atoms with Gasteiger partial charge in [0.1, 0.15) is 17.7 Å². The van der Waals surface area contributed by atoms with Crippen LogP contribution in [0.15, 0.2) is 48.5 Å². The number of hydrogen-bond acceptors (Lipinski definition) is 4. The van der Waals surface area contributed by atoms with Crippen LogP contribution in [0.25, 0.3) is 0 Å². The standard InChI is InChI=1S/C20H22FNO3/c1-13(23)25-20(15-4-3-5-16(21)12-15)19-11-10-18(22-19)14-6-8-17(24-2)9-7-14/h3-9,12,18-20,22H,10-11H2,1-2H3/t18-,19-,20+/m1/s1. The maximum absolute atomic E-state index is 13.6. The van der Waals surface area contributed by atoms with Crippen LogP contribution in [-0.4, -0.2) is 19.1 Å². The molecule has 0 spiro atoms. The average Bonchev–Trinajstić information content (AvgIpc) is 3.09. The summed E-state index contributed by atoms with van der Waals surface area (Å²) in [5.41, 5.74) is 1.83. The van der Waals surface area contributed by atoms with Gasteiger partial charge >= 0.3 is 5.97 Å². The van der Waals surface area contributed by atoms with Gasteiger partial charge in [0.05, 0.1) is 7.11 Å². The number of benzene rings is 2. The van der Waals surface area contributed by atoms with Crippen LogP contribution >= 0.6 is 0 Å². The predicted molar refractivity (Wildman–Crippen MR) is 92.8 cm³/mol. The molecule has 0 aliphatic carbocycles. The molecule has 3 atom stereocenters. The zero-order valence-corrected chi connectivity index (χ0v) is 14.4. The molecule has 3 rings (SSSR count). The normalized spacial score (nSPS) is 20.9. The van der Waals surface area contributed by atoms with Crippen LogP contribution in [0.4, 0.5) is 4.39 Å². The highest BCUT2D eigenvalue weighted by Gasteiger charge is 2.33. The fraction of sp³-hybridized carbons (Fsp3) is 0.350. The summed E-state index contributed by atoms with van der Waals surface area (Å²) in [5, 5.41) is 3.53. The number of hydrogen-bond donors (Lipinski definition) is 1. The average molecular weight is 343 g/mol. The summed E-state index contributed by atoms with van der Waals surface area (Å²) in [5.74, 6) is 0.110. The molecule has 0 amide bonds. The number of esters is 1. The van der Waals surface area contributed by atoms with Gasteiger partial charge in [0.15, 0.2) is 0 Å². The third-order valence-electron chi connectivity index (χ3n) is 4.54. The Morgan fingerprint density at radius 1 is 1.20 bits per heavy atom. The van der Waals surface area contributed by atoms with Crippen LogP contribution in [0.5, 0.6) is 5.75 Å². The first-order valence-electron chi connectivity index (χ1n) is 8.39. The van der Waals surface area contributed by atoms with Gasteiger partial charge in [-0.1, -0.05) is 24.3 Å². The molecule has 5 heteroatoms. The molecular formula is C20H22FNO3. The van der Waals surface area contributed by atoms with Gasteiger partial charge in [-0.05, 0) is 48.2 Å². The Hall–Kier alpha value is -2.40. The van der Waals surface area contributed by atoms with Gasteiger partial charge in [0.2, 0.25) is 0 Å². The van der Waals surface area contributed by atoms with Gasteiger partial charge < -0.3 is 14.8 Å². The third-order valence-corrected chi connectivity index (χ3v) is 4.54. The Labute approximate surface area is 147 Å². The van der Waals surface area contributed by atoms with Crippen molar-refractivity contribution in [1.29, 1.82) is 0 Å². The number of halogens is 1. The molecule has 132 valence electrons. The van der Waals surface area contributed by atoms with Crippen molar-refractivity contribution in [2.75, 3.05) is 7.11 Å². The first-order valence-corrected chi connectivity index (χ1v) is 8.39. The predicted octanol–water partition coefficient (Wildman–Crippen LogP) is 3.93. The minimum atomic E-state index is -0.503. The van der Waals surface area contributed by atoms with Gasteiger partial charge in [-0.2, -0.15) is 0 Å². The Morgan fingerprint density at radius 2 is 1.96 bits per heavy atom. The smallest absolute Gasteiger partial charge is 0.303 e. The van der Waals surface area contributed by atoms with Crippen molar-refractivity contribution in [2.24, 2.45) is 0 Å². The molecule has 4 nitrogen and oxygen atoms in total. The lowest BCUT2D eigenvalue weighted by molar-refractivity contribution is -0.148. The van der Waals surface area contributed by atoms with Crippen LogP contribution in [-0.2, 0) is 9.53 Å². The summed E-state index contributed by atoms with van der Waals surface area (Å²) in [6.45, 7) is 1.38. The highest BCUT2D eigenvalue weighted by Crippen LogP contribution is 2.35. The van der Waals surface area contributed by atoms with Crippen LogP contribution < -0.4 is 10.1 Å². The molecule has 0 bridgehead atoms. The number of methoxy groups -OCH3 is 1. The fourth-order valence-electron chi connectivity index (χ4n) is 3.35. The lowest BCUT2D eigenvalue weighted by Crippen LogP contribution is -2.33. The van der Waals surface area contributed by atoms with Gasteiger partial charge in [-0.15, -0.1) is 0 Å². The molecule has 2 aromatic carbocycles. The van der Waals surface area contributed by atoms with Gasteiger partial charge in [-0.25, -0.2) is 4.39 Å². The maximum Gasteiger partial charge on any atom is 0.303 e. The SMILES string of the molecule is COc1ccc([C@H]2CC[C@H]([C@@H](OC(C)=O)c3cccc(F)c3)N2)cc1. The number of carbonyl (C=O) groups excluding carboxylic acids is 1. The van der Waals surface area contributed by atoms with E-state index in [2.05, 4.69) is 5.32 Å². The highest BCUT2D eigenvalue weighted by atomic mass is 19.1. The van der Waals surface area contributed by atoms with E-state index in [1.165, 1.54) is 19.1 Å². The van der Waals surface area contributed by atoms with Crippen molar-refractivity contribution >= 4 is 5.97 Å². The van der Waals surface area contributed by atoms with Crippen molar-refractivity contribution in [1.82, 2.24) is 5.32 Å². The second kappa shape index (κ2) is 7.66. The van der Waals surface area contributed by atoms with E-state index in [4.69, 9.17) is 9.47 Å². The number of ether oxygens (including phenoxy) is 2. The van der Waals surface area contributed by atoms with Gasteiger partial charge in [-0.3, -0.25) is 4.79 Å².